The fourth-order valence-corrected chi connectivity index (χ4v) is 5.31. The zero-order chi connectivity index (χ0) is 22.9. The Balaban J connectivity index is 1.57. The molecule has 0 atom stereocenters. The Kier molecular flexibility index (Phi) is 6.20. The molecule has 0 saturated carbocycles. The molecule has 0 bridgehead atoms. The normalized spacial score (nSPS) is 15.4. The quantitative estimate of drug-likeness (QED) is 0.510. The lowest BCUT2D eigenvalue weighted by molar-refractivity contribution is 0.0387. The number of imidazole rings is 1. The maximum absolute atomic E-state index is 14.3. The van der Waals surface area contributed by atoms with E-state index in [-0.39, 0.29) is 30.0 Å². The first-order valence-corrected chi connectivity index (χ1v) is 11.4. The van der Waals surface area contributed by atoms with E-state index in [4.69, 9.17) is 4.74 Å². The number of rotatable bonds is 6. The van der Waals surface area contributed by atoms with Crippen molar-refractivity contribution in [1.29, 1.82) is 0 Å². The predicted molar refractivity (Wildman–Crippen MR) is 109 cm³/mol. The van der Waals surface area contributed by atoms with Crippen LogP contribution in [0.4, 0.5) is 13.2 Å². The molecule has 1 aliphatic heterocycles. The Labute approximate surface area is 182 Å². The molecule has 1 saturated heterocycles. The monoisotopic (exact) mass is 467 g/mol. The van der Waals surface area contributed by atoms with Gasteiger partial charge in [-0.05, 0) is 43.2 Å². The first-order valence-electron chi connectivity index (χ1n) is 10.00. The number of alkyl halides is 2. The van der Waals surface area contributed by atoms with Crippen molar-refractivity contribution in [2.24, 2.45) is 0 Å². The van der Waals surface area contributed by atoms with Crippen LogP contribution in [0, 0.1) is 5.82 Å². The van der Waals surface area contributed by atoms with Crippen molar-refractivity contribution < 1.29 is 31.1 Å². The van der Waals surface area contributed by atoms with Crippen molar-refractivity contribution in [2.75, 3.05) is 13.1 Å². The van der Waals surface area contributed by atoms with Gasteiger partial charge in [0.1, 0.15) is 17.3 Å². The molecule has 4 rings (SSSR count). The summed E-state index contributed by atoms with van der Waals surface area (Å²) >= 11 is 0. The summed E-state index contributed by atoms with van der Waals surface area (Å²) in [5, 5.41) is 0. The molecule has 0 N–H and O–H groups in total. The van der Waals surface area contributed by atoms with Crippen LogP contribution in [0.3, 0.4) is 0 Å². The second-order valence-corrected chi connectivity index (χ2v) is 9.26. The van der Waals surface area contributed by atoms with Crippen molar-refractivity contribution in [1.82, 2.24) is 13.9 Å². The summed E-state index contributed by atoms with van der Waals surface area (Å²) < 4.78 is 73.9. The van der Waals surface area contributed by atoms with Crippen LogP contribution in [0.25, 0.3) is 11.0 Å². The Morgan fingerprint density at radius 2 is 1.81 bits per heavy atom. The number of sulfonamides is 1. The van der Waals surface area contributed by atoms with Crippen LogP contribution < -0.4 is 0 Å². The first-order chi connectivity index (χ1) is 15.3. The van der Waals surface area contributed by atoms with Gasteiger partial charge in [0.05, 0.1) is 16.6 Å². The second kappa shape index (κ2) is 8.91. The molecule has 170 valence electrons. The molecule has 0 amide bonds. The zero-order valence-electron chi connectivity index (χ0n) is 16.9. The number of nitrogens with zero attached hydrogens (tertiary/aromatic N) is 3. The number of aromatic nitrogens is 2. The molecule has 7 nitrogen and oxygen atoms in total. The van der Waals surface area contributed by atoms with Gasteiger partial charge in [-0.25, -0.2) is 22.6 Å². The molecule has 0 aliphatic carbocycles. The summed E-state index contributed by atoms with van der Waals surface area (Å²) in [7, 11) is -4.12. The number of para-hydroxylation sites is 2. The number of piperidine rings is 1. The summed E-state index contributed by atoms with van der Waals surface area (Å²) in [6, 6.07) is 9.13. The molecule has 0 unspecified atom stereocenters. The zero-order valence-corrected chi connectivity index (χ0v) is 17.7. The smallest absolute Gasteiger partial charge is 0.338 e. The summed E-state index contributed by atoms with van der Waals surface area (Å²) in [6.45, 7) is -2.91. The molecule has 1 aromatic heterocycles. The van der Waals surface area contributed by atoms with E-state index in [1.807, 2.05) is 0 Å². The summed E-state index contributed by atoms with van der Waals surface area (Å²) in [5.41, 5.74) is 0.294. The Bertz CT molecular complexity index is 1250. The molecule has 0 spiro atoms. The molecule has 11 heteroatoms. The lowest BCUT2D eigenvalue weighted by Gasteiger charge is -2.26. The minimum atomic E-state index is -4.12. The molecule has 1 fully saturated rings. The van der Waals surface area contributed by atoms with Crippen LogP contribution >= 0.6 is 0 Å². The van der Waals surface area contributed by atoms with E-state index in [0.717, 1.165) is 24.6 Å². The molecule has 32 heavy (non-hydrogen) atoms. The predicted octanol–water partition coefficient (Wildman–Crippen LogP) is 4.10. The van der Waals surface area contributed by atoms with Gasteiger partial charge in [0, 0.05) is 13.1 Å². The van der Waals surface area contributed by atoms with E-state index in [0.29, 0.717) is 22.9 Å². The minimum absolute atomic E-state index is 0.169. The number of carbonyl (C=O) groups excluding carboxylic acids is 1. The van der Waals surface area contributed by atoms with Gasteiger partial charge >= 0.3 is 12.5 Å². The third-order valence-corrected chi connectivity index (χ3v) is 7.21. The Morgan fingerprint density at radius 1 is 1.09 bits per heavy atom. The summed E-state index contributed by atoms with van der Waals surface area (Å²) in [6.07, 6.45) is 2.24. The van der Waals surface area contributed by atoms with Crippen LogP contribution in [-0.4, -0.2) is 41.3 Å². The number of ether oxygens (including phenoxy) is 1. The number of carbonyl (C=O) groups is 1. The van der Waals surface area contributed by atoms with E-state index in [2.05, 4.69) is 4.98 Å². The van der Waals surface area contributed by atoms with E-state index in [1.54, 1.807) is 18.2 Å². The number of halogens is 3. The second-order valence-electron chi connectivity index (χ2n) is 7.35. The number of fused-ring (bicyclic) bond motifs is 1. The highest BCUT2D eigenvalue weighted by Gasteiger charge is 2.30. The average molecular weight is 467 g/mol. The van der Waals surface area contributed by atoms with Gasteiger partial charge in [-0.3, -0.25) is 4.57 Å². The average Bonchev–Trinajstić information content (AvgIpc) is 3.17. The number of hydrogen-bond acceptors (Lipinski definition) is 5. The Morgan fingerprint density at radius 3 is 2.53 bits per heavy atom. The van der Waals surface area contributed by atoms with Gasteiger partial charge in [0.2, 0.25) is 10.0 Å². The van der Waals surface area contributed by atoms with Crippen LogP contribution in [0.1, 0.15) is 42.0 Å². The van der Waals surface area contributed by atoms with Crippen molar-refractivity contribution >= 4 is 27.0 Å². The van der Waals surface area contributed by atoms with Gasteiger partial charge in [0.25, 0.3) is 0 Å². The molecule has 0 radical (unpaired) electrons. The van der Waals surface area contributed by atoms with Crippen molar-refractivity contribution in [3.8, 4) is 0 Å². The number of benzene rings is 2. The molecule has 3 aromatic rings. The maximum atomic E-state index is 14.3. The van der Waals surface area contributed by atoms with Gasteiger partial charge in [-0.15, -0.1) is 0 Å². The van der Waals surface area contributed by atoms with E-state index < -0.39 is 39.9 Å². The van der Waals surface area contributed by atoms with Gasteiger partial charge in [0.15, 0.2) is 5.82 Å². The Hall–Kier alpha value is -2.92. The molecule has 1 aliphatic rings. The highest BCUT2D eigenvalue weighted by atomic mass is 32.2. The topological polar surface area (TPSA) is 81.5 Å². The van der Waals surface area contributed by atoms with Crippen LogP contribution in [0.2, 0.25) is 0 Å². The van der Waals surface area contributed by atoms with E-state index in [9.17, 15) is 26.4 Å². The molecule has 2 aromatic carbocycles. The standard InChI is InChI=1S/C21H20F3N3O4S/c22-15-9-8-14(12-18(15)32(29,30)26-10-4-1-5-11-26)20(28)31-13-19-25-16-6-2-3-7-17(16)27(19)21(23)24/h2-3,6-9,12,21H,1,4-5,10-11,13H2. The van der Waals surface area contributed by atoms with Crippen molar-refractivity contribution in [3.63, 3.8) is 0 Å². The molecular formula is C21H20F3N3O4S. The van der Waals surface area contributed by atoms with Crippen LogP contribution in [0.15, 0.2) is 47.4 Å². The lowest BCUT2D eigenvalue weighted by Crippen LogP contribution is -2.36. The highest BCUT2D eigenvalue weighted by Crippen LogP contribution is 2.26. The summed E-state index contributed by atoms with van der Waals surface area (Å²) in [5.74, 6) is -2.13. The van der Waals surface area contributed by atoms with E-state index >= 15 is 0 Å². The van der Waals surface area contributed by atoms with E-state index in [1.165, 1.54) is 10.4 Å². The van der Waals surface area contributed by atoms with Crippen molar-refractivity contribution in [3.05, 3.63) is 59.7 Å². The maximum Gasteiger partial charge on any atom is 0.338 e. The first kappa shape index (κ1) is 22.3. The fraction of sp³-hybridized carbons (Fsp3) is 0.333. The van der Waals surface area contributed by atoms with Gasteiger partial charge in [-0.2, -0.15) is 13.1 Å². The number of esters is 1. The minimum Gasteiger partial charge on any atom is -0.454 e. The van der Waals surface area contributed by atoms with Gasteiger partial charge in [-0.1, -0.05) is 18.6 Å². The third kappa shape index (κ3) is 4.22. The van der Waals surface area contributed by atoms with Crippen LogP contribution in [0.5, 0.6) is 0 Å². The highest BCUT2D eigenvalue weighted by molar-refractivity contribution is 7.89. The number of hydrogen-bond donors (Lipinski definition) is 0. The molecular weight excluding hydrogens is 447 g/mol. The molecule has 2 heterocycles. The van der Waals surface area contributed by atoms with Crippen LogP contribution in [-0.2, 0) is 21.4 Å². The SMILES string of the molecule is O=C(OCc1nc2ccccc2n1C(F)F)c1ccc(F)c(S(=O)(=O)N2CCCCC2)c1. The van der Waals surface area contributed by atoms with Crippen molar-refractivity contribution in [2.45, 2.75) is 37.3 Å². The summed E-state index contributed by atoms with van der Waals surface area (Å²) in [4.78, 5) is 16.0. The van der Waals surface area contributed by atoms with Gasteiger partial charge < -0.3 is 4.74 Å². The third-order valence-electron chi connectivity index (χ3n) is 5.30. The largest absolute Gasteiger partial charge is 0.454 e. The lowest BCUT2D eigenvalue weighted by atomic mass is 10.2. The fourth-order valence-electron chi connectivity index (χ4n) is 3.70.